The number of benzene rings is 2. The Morgan fingerprint density at radius 2 is 1.74 bits per heavy atom. The molecule has 0 unspecified atom stereocenters. The second-order valence-electron chi connectivity index (χ2n) is 9.40. The van der Waals surface area contributed by atoms with Crippen molar-refractivity contribution in [1.29, 1.82) is 0 Å². The summed E-state index contributed by atoms with van der Waals surface area (Å²) in [5, 5.41) is 6.60. The zero-order chi connectivity index (χ0) is 24.7. The summed E-state index contributed by atoms with van der Waals surface area (Å²) in [5.74, 6) is -0.387. The van der Waals surface area contributed by atoms with E-state index < -0.39 is 5.91 Å². The highest BCUT2D eigenvalue weighted by Crippen LogP contribution is 2.23. The van der Waals surface area contributed by atoms with Gasteiger partial charge < -0.3 is 14.7 Å². The van der Waals surface area contributed by atoms with Crippen LogP contribution in [-0.4, -0.2) is 28.4 Å². The lowest BCUT2D eigenvalue weighted by Gasteiger charge is -2.23. The fourth-order valence-corrected chi connectivity index (χ4v) is 3.45. The molecule has 3 rings (SSSR count). The first-order valence-electron chi connectivity index (χ1n) is 11.6. The Morgan fingerprint density at radius 3 is 2.35 bits per heavy atom. The molecule has 0 aliphatic heterocycles. The van der Waals surface area contributed by atoms with Crippen molar-refractivity contribution in [3.63, 3.8) is 0 Å². The van der Waals surface area contributed by atoms with Gasteiger partial charge >= 0.3 is 0 Å². The molecular formula is C27H32FN3O3. The third-order valence-corrected chi connectivity index (χ3v) is 5.57. The van der Waals surface area contributed by atoms with Gasteiger partial charge in [-0.15, -0.1) is 0 Å². The van der Waals surface area contributed by atoms with Gasteiger partial charge in [-0.3, -0.25) is 9.59 Å². The molecule has 1 N–H and O–H groups in total. The van der Waals surface area contributed by atoms with Gasteiger partial charge in [0.2, 0.25) is 0 Å². The number of carbonyl (C=O) groups excluding carboxylic acids is 2. The van der Waals surface area contributed by atoms with Crippen LogP contribution in [-0.2, 0) is 18.5 Å². The number of hydrogen-bond acceptors (Lipinski definition) is 4. The zero-order valence-corrected chi connectivity index (χ0v) is 20.2. The van der Waals surface area contributed by atoms with Gasteiger partial charge in [-0.05, 0) is 47.2 Å². The summed E-state index contributed by atoms with van der Waals surface area (Å²) in [5.41, 5.74) is 2.69. The van der Waals surface area contributed by atoms with Gasteiger partial charge in [-0.1, -0.05) is 63.5 Å². The van der Waals surface area contributed by atoms with Crippen molar-refractivity contribution in [2.24, 2.45) is 0 Å². The van der Waals surface area contributed by atoms with Crippen LogP contribution in [0, 0.1) is 5.82 Å². The first-order valence-corrected chi connectivity index (χ1v) is 11.6. The summed E-state index contributed by atoms with van der Waals surface area (Å²) >= 11 is 0. The van der Waals surface area contributed by atoms with Crippen molar-refractivity contribution in [3.8, 4) is 0 Å². The first-order chi connectivity index (χ1) is 16.2. The van der Waals surface area contributed by atoms with E-state index in [2.05, 4.69) is 38.2 Å². The molecule has 0 saturated heterocycles. The van der Waals surface area contributed by atoms with Crippen molar-refractivity contribution in [2.45, 2.75) is 59.0 Å². The van der Waals surface area contributed by atoms with Crippen molar-refractivity contribution >= 4 is 11.8 Å². The molecular weight excluding hydrogens is 433 g/mol. The van der Waals surface area contributed by atoms with E-state index in [0.717, 1.165) is 24.0 Å². The van der Waals surface area contributed by atoms with Crippen molar-refractivity contribution in [1.82, 2.24) is 15.4 Å². The molecule has 34 heavy (non-hydrogen) atoms. The van der Waals surface area contributed by atoms with Crippen molar-refractivity contribution in [2.75, 3.05) is 6.54 Å². The van der Waals surface area contributed by atoms with Crippen LogP contribution in [0.5, 0.6) is 0 Å². The number of hydrogen-bond donors (Lipinski definition) is 1. The lowest BCUT2D eigenvalue weighted by Crippen LogP contribution is -2.31. The van der Waals surface area contributed by atoms with Crippen LogP contribution >= 0.6 is 0 Å². The maximum atomic E-state index is 13.2. The summed E-state index contributed by atoms with van der Waals surface area (Å²) in [6.07, 6.45) is 1.80. The molecule has 6 nitrogen and oxygen atoms in total. The van der Waals surface area contributed by atoms with Crippen LogP contribution in [0.4, 0.5) is 4.39 Å². The highest BCUT2D eigenvalue weighted by Gasteiger charge is 2.21. The summed E-state index contributed by atoms with van der Waals surface area (Å²) < 4.78 is 18.4. The lowest BCUT2D eigenvalue weighted by molar-refractivity contribution is 0.0724. The quantitative estimate of drug-likeness (QED) is 0.454. The maximum absolute atomic E-state index is 13.2. The Morgan fingerprint density at radius 1 is 1.06 bits per heavy atom. The summed E-state index contributed by atoms with van der Waals surface area (Å²) in [4.78, 5) is 27.4. The van der Waals surface area contributed by atoms with E-state index >= 15 is 0 Å². The van der Waals surface area contributed by atoms with Gasteiger partial charge in [-0.25, -0.2) is 4.39 Å². The normalized spacial score (nSPS) is 11.3. The van der Waals surface area contributed by atoms with Crippen LogP contribution < -0.4 is 5.32 Å². The topological polar surface area (TPSA) is 75.4 Å². The van der Waals surface area contributed by atoms with E-state index in [0.29, 0.717) is 17.9 Å². The van der Waals surface area contributed by atoms with Gasteiger partial charge in [0.25, 0.3) is 11.8 Å². The lowest BCUT2D eigenvalue weighted by atomic mass is 9.86. The number of nitrogens with zero attached hydrogens (tertiary/aromatic N) is 2. The molecule has 0 saturated carbocycles. The van der Waals surface area contributed by atoms with Crippen molar-refractivity contribution in [3.05, 3.63) is 88.6 Å². The van der Waals surface area contributed by atoms with Crippen molar-refractivity contribution < 1.29 is 18.5 Å². The minimum Gasteiger partial charge on any atom is -0.359 e. The SMILES string of the molecule is CCCCN(Cc1cc(C(=O)NCc2ccc(F)cc2)no1)C(=O)c1ccc(C(C)(C)C)cc1. The number of unbranched alkanes of at least 4 members (excludes halogenated alkanes) is 1. The maximum Gasteiger partial charge on any atom is 0.273 e. The van der Waals surface area contributed by atoms with E-state index in [-0.39, 0.29) is 35.9 Å². The Labute approximate surface area is 200 Å². The Bertz CT molecular complexity index is 1100. The average molecular weight is 466 g/mol. The number of aromatic nitrogens is 1. The van der Waals surface area contributed by atoms with E-state index in [1.165, 1.54) is 12.1 Å². The van der Waals surface area contributed by atoms with Gasteiger partial charge in [0.1, 0.15) is 5.82 Å². The molecule has 0 radical (unpaired) electrons. The van der Waals surface area contributed by atoms with Gasteiger partial charge in [0.15, 0.2) is 11.5 Å². The van der Waals surface area contributed by atoms with Gasteiger partial charge in [0.05, 0.1) is 6.54 Å². The molecule has 1 aromatic heterocycles. The molecule has 1 heterocycles. The molecule has 0 atom stereocenters. The smallest absolute Gasteiger partial charge is 0.273 e. The van der Waals surface area contributed by atoms with Crippen LogP contribution in [0.2, 0.25) is 0 Å². The molecule has 2 amide bonds. The number of halogens is 1. The average Bonchev–Trinajstić information content (AvgIpc) is 3.29. The molecule has 2 aromatic carbocycles. The zero-order valence-electron chi connectivity index (χ0n) is 20.2. The number of carbonyl (C=O) groups is 2. The van der Waals surface area contributed by atoms with Crippen LogP contribution in [0.1, 0.15) is 78.3 Å². The van der Waals surface area contributed by atoms with E-state index in [1.54, 1.807) is 23.1 Å². The molecule has 0 bridgehead atoms. The first kappa shape index (κ1) is 25.1. The molecule has 0 spiro atoms. The minimum absolute atomic E-state index is 0.0109. The van der Waals surface area contributed by atoms with E-state index in [4.69, 9.17) is 4.52 Å². The predicted molar refractivity (Wildman–Crippen MR) is 129 cm³/mol. The molecule has 180 valence electrons. The number of nitrogens with one attached hydrogen (secondary N) is 1. The van der Waals surface area contributed by atoms with E-state index in [1.807, 2.05) is 24.3 Å². The Kier molecular flexibility index (Phi) is 8.21. The Hall–Kier alpha value is -3.48. The molecule has 3 aromatic rings. The largest absolute Gasteiger partial charge is 0.359 e. The summed E-state index contributed by atoms with van der Waals surface area (Å²) in [6.45, 7) is 9.51. The second kappa shape index (κ2) is 11.1. The molecule has 0 aliphatic carbocycles. The fraction of sp³-hybridized carbons (Fsp3) is 0.370. The van der Waals surface area contributed by atoms with Gasteiger partial charge in [0, 0.05) is 24.7 Å². The predicted octanol–water partition coefficient (Wildman–Crippen LogP) is 5.48. The summed E-state index contributed by atoms with van der Waals surface area (Å²) in [7, 11) is 0. The second-order valence-corrected chi connectivity index (χ2v) is 9.40. The van der Waals surface area contributed by atoms with Crippen LogP contribution in [0.15, 0.2) is 59.1 Å². The van der Waals surface area contributed by atoms with Crippen LogP contribution in [0.3, 0.4) is 0 Å². The number of amides is 2. The molecule has 0 fully saturated rings. The van der Waals surface area contributed by atoms with E-state index in [9.17, 15) is 14.0 Å². The fourth-order valence-electron chi connectivity index (χ4n) is 3.45. The standard InChI is InChI=1S/C27H32FN3O3/c1-5-6-15-31(26(33)20-9-11-21(12-10-20)27(2,3)4)18-23-16-24(30-34-23)25(32)29-17-19-7-13-22(28)14-8-19/h7-14,16H,5-6,15,17-18H2,1-4H3,(H,29,32). The molecule has 7 heteroatoms. The Balaban J connectivity index is 1.66. The molecule has 0 aliphatic rings. The monoisotopic (exact) mass is 465 g/mol. The van der Waals surface area contributed by atoms with Gasteiger partial charge in [-0.2, -0.15) is 0 Å². The summed E-state index contributed by atoms with van der Waals surface area (Å²) in [6, 6.07) is 15.1. The highest BCUT2D eigenvalue weighted by molar-refractivity contribution is 5.94. The third kappa shape index (κ3) is 6.76. The number of rotatable bonds is 9. The van der Waals surface area contributed by atoms with Crippen LogP contribution in [0.25, 0.3) is 0 Å². The highest BCUT2D eigenvalue weighted by atomic mass is 19.1. The third-order valence-electron chi connectivity index (χ3n) is 5.57. The minimum atomic E-state index is -0.400.